The van der Waals surface area contributed by atoms with Gasteiger partial charge in [-0.05, 0) is 33.3 Å². The Labute approximate surface area is 96.3 Å². The first kappa shape index (κ1) is 14.4. The van der Waals surface area contributed by atoms with Crippen LogP contribution in [0.1, 0.15) is 34.1 Å². The Morgan fingerprint density at radius 2 is 1.88 bits per heavy atom. The summed E-state index contributed by atoms with van der Waals surface area (Å²) in [6.45, 7) is 10.6. The molecule has 0 bridgehead atoms. The first-order valence-corrected chi connectivity index (χ1v) is 5.13. The molecule has 0 radical (unpaired) electrons. The molecule has 0 fully saturated rings. The Kier molecular flexibility index (Phi) is 4.95. The van der Waals surface area contributed by atoms with Crippen LogP contribution in [0.15, 0.2) is 24.4 Å². The molecule has 0 saturated heterocycles. The van der Waals surface area contributed by atoms with E-state index in [-0.39, 0.29) is 11.5 Å². The molecule has 4 nitrogen and oxygen atoms in total. The van der Waals surface area contributed by atoms with Crippen molar-refractivity contribution in [2.45, 2.75) is 39.7 Å². The molecule has 1 N–H and O–H groups in total. The van der Waals surface area contributed by atoms with Crippen LogP contribution >= 0.6 is 0 Å². The summed E-state index contributed by atoms with van der Waals surface area (Å²) in [5.41, 5.74) is -0.272. The number of hydrogen-bond acceptors (Lipinski definition) is 2. The van der Waals surface area contributed by atoms with Crippen LogP contribution in [0.25, 0.3) is 0 Å². The number of carboxylic acids is 1. The van der Waals surface area contributed by atoms with Crippen molar-refractivity contribution in [3.63, 3.8) is 0 Å². The van der Waals surface area contributed by atoms with Crippen LogP contribution in [0.4, 0.5) is 0 Å². The summed E-state index contributed by atoms with van der Waals surface area (Å²) in [5.74, 6) is -1.31. The van der Waals surface area contributed by atoms with Gasteiger partial charge < -0.3 is 10.0 Å². The summed E-state index contributed by atoms with van der Waals surface area (Å²) in [6.07, 6.45) is 2.93. The molecule has 0 heterocycles. The van der Waals surface area contributed by atoms with Gasteiger partial charge in [0.1, 0.15) is 0 Å². The molecule has 1 amide bonds. The third kappa shape index (κ3) is 3.88. The molecule has 0 spiro atoms. The standard InChI is InChI=1S/C12H19NO3/c1-6-9(11(15)16)8-13(10(14)7-2)12(3,4)5/h7-8H,2,6H2,1,3-5H3,(H,15,16). The lowest BCUT2D eigenvalue weighted by atomic mass is 10.1. The molecular formula is C12H19NO3. The lowest BCUT2D eigenvalue weighted by Gasteiger charge is -2.32. The van der Waals surface area contributed by atoms with Crippen LogP contribution < -0.4 is 0 Å². The minimum absolute atomic E-state index is 0.199. The molecule has 90 valence electrons. The maximum atomic E-state index is 11.6. The molecule has 0 unspecified atom stereocenters. The molecule has 0 aliphatic rings. The number of rotatable bonds is 4. The van der Waals surface area contributed by atoms with E-state index in [2.05, 4.69) is 6.58 Å². The zero-order chi connectivity index (χ0) is 12.9. The predicted octanol–water partition coefficient (Wildman–Crippen LogP) is 2.18. The Balaban J connectivity index is 5.29. The molecule has 4 heteroatoms. The maximum absolute atomic E-state index is 11.6. The van der Waals surface area contributed by atoms with Gasteiger partial charge in [0, 0.05) is 11.7 Å². The van der Waals surface area contributed by atoms with Crippen molar-refractivity contribution >= 4 is 11.9 Å². The van der Waals surface area contributed by atoms with Crippen LogP contribution in [0.5, 0.6) is 0 Å². The number of amides is 1. The number of hydrogen-bond donors (Lipinski definition) is 1. The largest absolute Gasteiger partial charge is 0.478 e. The van der Waals surface area contributed by atoms with Crippen LogP contribution in [-0.4, -0.2) is 27.4 Å². The van der Waals surface area contributed by atoms with E-state index in [1.54, 1.807) is 6.92 Å². The molecule has 0 rings (SSSR count). The highest BCUT2D eigenvalue weighted by Gasteiger charge is 2.24. The van der Waals surface area contributed by atoms with E-state index in [0.717, 1.165) is 0 Å². The molecule has 16 heavy (non-hydrogen) atoms. The average molecular weight is 225 g/mol. The first-order chi connectivity index (χ1) is 7.23. The molecule has 0 aliphatic heterocycles. The van der Waals surface area contributed by atoms with Gasteiger partial charge >= 0.3 is 5.97 Å². The monoisotopic (exact) mass is 225 g/mol. The van der Waals surface area contributed by atoms with E-state index in [0.29, 0.717) is 6.42 Å². The van der Waals surface area contributed by atoms with E-state index in [1.807, 2.05) is 20.8 Å². The van der Waals surface area contributed by atoms with Crippen molar-refractivity contribution in [2.24, 2.45) is 0 Å². The molecule has 0 aromatic rings. The summed E-state index contributed by atoms with van der Waals surface area (Å²) in [5, 5.41) is 8.91. The second-order valence-electron chi connectivity index (χ2n) is 4.40. The maximum Gasteiger partial charge on any atom is 0.333 e. The van der Waals surface area contributed by atoms with E-state index >= 15 is 0 Å². The summed E-state index contributed by atoms with van der Waals surface area (Å²) < 4.78 is 0. The Morgan fingerprint density at radius 3 is 2.12 bits per heavy atom. The highest BCUT2D eigenvalue weighted by atomic mass is 16.4. The number of carbonyl (C=O) groups excluding carboxylic acids is 1. The Bertz CT molecular complexity index is 324. The quantitative estimate of drug-likeness (QED) is 0.746. The van der Waals surface area contributed by atoms with Gasteiger partial charge in [-0.2, -0.15) is 0 Å². The summed E-state index contributed by atoms with van der Waals surface area (Å²) in [7, 11) is 0. The van der Waals surface area contributed by atoms with Crippen LogP contribution in [0.2, 0.25) is 0 Å². The van der Waals surface area contributed by atoms with Gasteiger partial charge in [-0.1, -0.05) is 13.5 Å². The molecule has 0 aliphatic carbocycles. The highest BCUT2D eigenvalue weighted by Crippen LogP contribution is 2.17. The Morgan fingerprint density at radius 1 is 1.38 bits per heavy atom. The van der Waals surface area contributed by atoms with E-state index in [4.69, 9.17) is 5.11 Å². The van der Waals surface area contributed by atoms with Crippen molar-refractivity contribution in [3.8, 4) is 0 Å². The lowest BCUT2D eigenvalue weighted by molar-refractivity contribution is -0.132. The van der Waals surface area contributed by atoms with Gasteiger partial charge in [0.05, 0.1) is 5.57 Å². The number of aliphatic carboxylic acids is 1. The van der Waals surface area contributed by atoms with Crippen molar-refractivity contribution in [3.05, 3.63) is 24.4 Å². The van der Waals surface area contributed by atoms with Gasteiger partial charge in [0.25, 0.3) is 0 Å². The molecule has 0 aromatic carbocycles. The molecule has 0 aromatic heterocycles. The third-order valence-electron chi connectivity index (χ3n) is 2.08. The average Bonchev–Trinajstić information content (AvgIpc) is 2.15. The fourth-order valence-electron chi connectivity index (χ4n) is 1.14. The minimum Gasteiger partial charge on any atom is -0.478 e. The summed E-state index contributed by atoms with van der Waals surface area (Å²) >= 11 is 0. The minimum atomic E-state index is -1.01. The van der Waals surface area contributed by atoms with E-state index < -0.39 is 11.5 Å². The predicted molar refractivity (Wildman–Crippen MR) is 62.8 cm³/mol. The number of carboxylic acid groups (broad SMARTS) is 1. The van der Waals surface area contributed by atoms with E-state index in [9.17, 15) is 9.59 Å². The summed E-state index contributed by atoms with van der Waals surface area (Å²) in [6, 6.07) is 0. The van der Waals surface area contributed by atoms with Gasteiger partial charge in [0.15, 0.2) is 0 Å². The van der Waals surface area contributed by atoms with E-state index in [1.165, 1.54) is 17.2 Å². The van der Waals surface area contributed by atoms with Crippen molar-refractivity contribution in [2.75, 3.05) is 0 Å². The normalized spacial score (nSPS) is 12.1. The zero-order valence-electron chi connectivity index (χ0n) is 10.3. The lowest BCUT2D eigenvalue weighted by Crippen LogP contribution is -2.41. The van der Waals surface area contributed by atoms with Crippen molar-refractivity contribution < 1.29 is 14.7 Å². The fourth-order valence-corrected chi connectivity index (χ4v) is 1.14. The second-order valence-corrected chi connectivity index (χ2v) is 4.40. The van der Waals surface area contributed by atoms with Gasteiger partial charge in [-0.3, -0.25) is 4.79 Å². The number of carbonyl (C=O) groups is 2. The van der Waals surface area contributed by atoms with Gasteiger partial charge in [-0.25, -0.2) is 4.79 Å². The third-order valence-corrected chi connectivity index (χ3v) is 2.08. The van der Waals surface area contributed by atoms with Crippen molar-refractivity contribution in [1.29, 1.82) is 0 Å². The SMILES string of the molecule is C=CC(=O)N(C=C(CC)C(=O)O)C(C)(C)C. The Hall–Kier alpha value is -1.58. The number of nitrogens with zero attached hydrogens (tertiary/aromatic N) is 1. The zero-order valence-corrected chi connectivity index (χ0v) is 10.3. The van der Waals surface area contributed by atoms with Gasteiger partial charge in [0.2, 0.25) is 5.91 Å². The van der Waals surface area contributed by atoms with Crippen LogP contribution in [-0.2, 0) is 9.59 Å². The fraction of sp³-hybridized carbons (Fsp3) is 0.500. The summed E-state index contributed by atoms with van der Waals surface area (Å²) in [4.78, 5) is 23.9. The smallest absolute Gasteiger partial charge is 0.333 e. The molecular weight excluding hydrogens is 206 g/mol. The van der Waals surface area contributed by atoms with Gasteiger partial charge in [-0.15, -0.1) is 0 Å². The molecule has 0 saturated carbocycles. The highest BCUT2D eigenvalue weighted by molar-refractivity contribution is 5.91. The van der Waals surface area contributed by atoms with Crippen LogP contribution in [0, 0.1) is 0 Å². The topological polar surface area (TPSA) is 57.6 Å². The van der Waals surface area contributed by atoms with Crippen molar-refractivity contribution in [1.82, 2.24) is 4.90 Å². The first-order valence-electron chi connectivity index (χ1n) is 5.13. The van der Waals surface area contributed by atoms with Crippen LogP contribution in [0.3, 0.4) is 0 Å². The second kappa shape index (κ2) is 5.49. The molecule has 0 atom stereocenters.